The van der Waals surface area contributed by atoms with E-state index in [4.69, 9.17) is 0 Å². The fourth-order valence-electron chi connectivity index (χ4n) is 4.19. The molecule has 0 atom stereocenters. The van der Waals surface area contributed by atoms with Gasteiger partial charge in [-0.15, -0.1) is 0 Å². The van der Waals surface area contributed by atoms with Crippen LogP contribution in [0.25, 0.3) is 43.6 Å². The van der Waals surface area contributed by atoms with Crippen molar-refractivity contribution in [2.75, 3.05) is 0 Å². The summed E-state index contributed by atoms with van der Waals surface area (Å²) >= 11 is 0. The van der Waals surface area contributed by atoms with E-state index in [1.54, 1.807) is 43.4 Å². The van der Waals surface area contributed by atoms with Crippen LogP contribution >= 0.6 is 0 Å². The van der Waals surface area contributed by atoms with Crippen molar-refractivity contribution in [3.05, 3.63) is 74.5 Å². The van der Waals surface area contributed by atoms with E-state index in [9.17, 15) is 22.6 Å². The van der Waals surface area contributed by atoms with E-state index >= 15 is 0 Å². The molecule has 5 aromatic rings. The molecule has 3 aromatic carbocycles. The number of aryl methyl sites for hydroxylation is 2. The molecule has 2 N–H and O–H groups in total. The zero-order valence-corrected chi connectivity index (χ0v) is 16.9. The van der Waals surface area contributed by atoms with Crippen molar-refractivity contribution in [1.29, 1.82) is 0 Å². The van der Waals surface area contributed by atoms with Crippen molar-refractivity contribution in [2.24, 2.45) is 7.05 Å². The minimum absolute atomic E-state index is 0.00728. The van der Waals surface area contributed by atoms with Crippen molar-refractivity contribution in [2.45, 2.75) is 11.8 Å². The van der Waals surface area contributed by atoms with E-state index in [1.807, 2.05) is 13.0 Å². The largest absolute Gasteiger partial charge is 0.354 e. The molecule has 2 aromatic heterocycles. The van der Waals surface area contributed by atoms with Gasteiger partial charge >= 0.3 is 0 Å². The fraction of sp³-hybridized carbons (Fsp3) is 0.0909. The zero-order valence-electron chi connectivity index (χ0n) is 16.1. The van der Waals surface area contributed by atoms with Crippen LogP contribution in [0.4, 0.5) is 0 Å². The third-order valence-corrected chi connectivity index (χ3v) is 6.43. The number of aromatic nitrogens is 2. The Kier molecular flexibility index (Phi) is 3.71. The lowest BCUT2D eigenvalue weighted by molar-refractivity contribution is 0.484. The summed E-state index contributed by atoms with van der Waals surface area (Å²) in [6, 6.07) is 13.4. The van der Waals surface area contributed by atoms with E-state index < -0.39 is 20.4 Å². The second kappa shape index (κ2) is 6.01. The van der Waals surface area contributed by atoms with Crippen LogP contribution in [0.5, 0.6) is 0 Å². The molecule has 7 nitrogen and oxygen atoms in total. The summed E-state index contributed by atoms with van der Waals surface area (Å²) in [5.74, 6) is 0. The van der Waals surface area contributed by atoms with Gasteiger partial charge in [0.1, 0.15) is 4.90 Å². The predicted molar refractivity (Wildman–Crippen MR) is 117 cm³/mol. The van der Waals surface area contributed by atoms with Crippen LogP contribution in [0.2, 0.25) is 0 Å². The fourth-order valence-corrected chi connectivity index (χ4v) is 5.14. The Bertz CT molecular complexity index is 1780. The molecule has 0 unspecified atom stereocenters. The lowest BCUT2D eigenvalue weighted by Crippen LogP contribution is -2.17. The number of nitrogens with zero attached hydrogens (tertiary/aromatic N) is 1. The number of para-hydroxylation sites is 1. The zero-order chi connectivity index (χ0) is 21.4. The Balaban J connectivity index is 2.21. The average molecular weight is 420 g/mol. The van der Waals surface area contributed by atoms with E-state index in [-0.39, 0.29) is 32.6 Å². The number of hydrogen-bond acceptors (Lipinski definition) is 4. The summed E-state index contributed by atoms with van der Waals surface area (Å²) in [5.41, 5.74) is 1.14. The van der Waals surface area contributed by atoms with Gasteiger partial charge in [0.05, 0.1) is 21.9 Å². The summed E-state index contributed by atoms with van der Waals surface area (Å²) in [6.45, 7) is 1.86. The van der Waals surface area contributed by atoms with Gasteiger partial charge in [-0.2, -0.15) is 8.42 Å². The van der Waals surface area contributed by atoms with E-state index in [0.717, 1.165) is 5.56 Å². The van der Waals surface area contributed by atoms with Gasteiger partial charge in [0.2, 0.25) is 0 Å². The molecule has 0 fully saturated rings. The van der Waals surface area contributed by atoms with Crippen LogP contribution in [-0.4, -0.2) is 22.5 Å². The molecule has 5 rings (SSSR count). The molecular formula is C22H16N2O5S. The lowest BCUT2D eigenvalue weighted by Gasteiger charge is -2.15. The highest BCUT2D eigenvalue weighted by Gasteiger charge is 2.26. The van der Waals surface area contributed by atoms with Gasteiger partial charge in [-0.3, -0.25) is 14.1 Å². The summed E-state index contributed by atoms with van der Waals surface area (Å²) in [6.07, 6.45) is 0. The van der Waals surface area contributed by atoms with Gasteiger partial charge in [0, 0.05) is 28.7 Å². The summed E-state index contributed by atoms with van der Waals surface area (Å²) in [4.78, 5) is 29.0. The van der Waals surface area contributed by atoms with Crippen molar-refractivity contribution >= 4 is 53.7 Å². The molecule has 0 amide bonds. The van der Waals surface area contributed by atoms with E-state index in [2.05, 4.69) is 4.98 Å². The Morgan fingerprint density at radius 3 is 2.37 bits per heavy atom. The van der Waals surface area contributed by atoms with Crippen molar-refractivity contribution < 1.29 is 13.0 Å². The first kappa shape index (κ1) is 18.5. The van der Waals surface area contributed by atoms with Crippen molar-refractivity contribution in [1.82, 2.24) is 9.55 Å². The number of aromatic amines is 1. The molecule has 150 valence electrons. The number of H-pyrrole nitrogens is 1. The Labute approximate surface area is 169 Å². The first-order valence-corrected chi connectivity index (χ1v) is 10.6. The monoisotopic (exact) mass is 420 g/mol. The molecule has 8 heteroatoms. The van der Waals surface area contributed by atoms with Gasteiger partial charge in [-0.1, -0.05) is 23.8 Å². The summed E-state index contributed by atoms with van der Waals surface area (Å²) in [5, 5.41) is 0.635. The number of hydrogen-bond donors (Lipinski definition) is 2. The number of rotatable bonds is 1. The summed E-state index contributed by atoms with van der Waals surface area (Å²) < 4.78 is 36.6. The van der Waals surface area contributed by atoms with Gasteiger partial charge in [0.15, 0.2) is 10.9 Å². The van der Waals surface area contributed by atoms with Gasteiger partial charge in [-0.25, -0.2) is 0 Å². The molecule has 0 bridgehead atoms. The maximum absolute atomic E-state index is 13.3. The molecule has 0 aliphatic rings. The molecule has 0 saturated carbocycles. The molecule has 0 radical (unpaired) electrons. The number of benzene rings is 3. The predicted octanol–water partition coefficient (Wildman–Crippen LogP) is 3.24. The average Bonchev–Trinajstić information content (AvgIpc) is 2.70. The number of pyridine rings is 2. The maximum atomic E-state index is 13.3. The summed E-state index contributed by atoms with van der Waals surface area (Å²) in [7, 11) is -3.24. The van der Waals surface area contributed by atoms with Crippen LogP contribution in [-0.2, 0) is 17.2 Å². The van der Waals surface area contributed by atoms with Gasteiger partial charge in [-0.05, 0) is 37.3 Å². The van der Waals surface area contributed by atoms with Crippen LogP contribution in [0, 0.1) is 6.92 Å². The lowest BCUT2D eigenvalue weighted by atomic mass is 10.0. The van der Waals surface area contributed by atoms with Crippen molar-refractivity contribution in [3.8, 4) is 0 Å². The first-order valence-electron chi connectivity index (χ1n) is 9.17. The number of fused-ring (bicyclic) bond motifs is 4. The maximum Gasteiger partial charge on any atom is 0.297 e. The van der Waals surface area contributed by atoms with Crippen LogP contribution in [0.1, 0.15) is 5.56 Å². The third kappa shape index (κ3) is 2.44. The van der Waals surface area contributed by atoms with Crippen LogP contribution in [0.3, 0.4) is 0 Å². The highest BCUT2D eigenvalue weighted by molar-refractivity contribution is 7.86. The van der Waals surface area contributed by atoms with E-state index in [1.165, 1.54) is 10.6 Å². The van der Waals surface area contributed by atoms with E-state index in [0.29, 0.717) is 16.4 Å². The normalized spacial score (nSPS) is 12.4. The molecule has 30 heavy (non-hydrogen) atoms. The van der Waals surface area contributed by atoms with Gasteiger partial charge < -0.3 is 9.55 Å². The minimum Gasteiger partial charge on any atom is -0.354 e. The molecule has 2 heterocycles. The first-order chi connectivity index (χ1) is 14.2. The second-order valence-electron chi connectivity index (χ2n) is 7.41. The number of nitrogens with one attached hydrogen (secondary N) is 1. The molecule has 0 aliphatic carbocycles. The molecule has 0 saturated heterocycles. The molecule has 0 spiro atoms. The smallest absolute Gasteiger partial charge is 0.297 e. The standard InChI is InChI=1S/C22H16N2O5S/c1-11-7-8-17-13(9-11)20(25)14-10-16-18(22(30(27,28)29)19(14)24(17)2)21(26)12-5-3-4-6-15(12)23-16/h3-10H,1-2H3,(H,23,26)(H,27,28,29). The topological polar surface area (TPSA) is 109 Å². The quantitative estimate of drug-likeness (QED) is 0.320. The minimum atomic E-state index is -4.84. The Hall–Kier alpha value is -3.49. The van der Waals surface area contributed by atoms with Gasteiger partial charge in [0.25, 0.3) is 10.1 Å². The Morgan fingerprint density at radius 1 is 0.900 bits per heavy atom. The third-order valence-electron chi connectivity index (χ3n) is 5.52. The highest BCUT2D eigenvalue weighted by Crippen LogP contribution is 2.31. The molecule has 0 aliphatic heterocycles. The van der Waals surface area contributed by atoms with Crippen LogP contribution < -0.4 is 10.9 Å². The second-order valence-corrected chi connectivity index (χ2v) is 8.77. The van der Waals surface area contributed by atoms with Crippen LogP contribution in [0.15, 0.2) is 63.0 Å². The highest BCUT2D eigenvalue weighted by atomic mass is 32.2. The molecular weight excluding hydrogens is 404 g/mol. The SMILES string of the molecule is Cc1ccc2c(c1)c(=O)c1cc3[nH]c4ccccc4c(=O)c3c(S(=O)(=O)O)c1n2C. The Morgan fingerprint density at radius 2 is 1.63 bits per heavy atom. The van der Waals surface area contributed by atoms with Crippen molar-refractivity contribution in [3.63, 3.8) is 0 Å².